The zero-order valence-electron chi connectivity index (χ0n) is 13.4. The average Bonchev–Trinajstić information content (AvgIpc) is 3.04. The predicted octanol–water partition coefficient (Wildman–Crippen LogP) is 2.41. The summed E-state index contributed by atoms with van der Waals surface area (Å²) >= 11 is 0. The second-order valence-corrected chi connectivity index (χ2v) is 6.47. The van der Waals surface area contributed by atoms with Crippen molar-refractivity contribution in [1.82, 2.24) is 16.0 Å². The number of hydrogen-bond acceptors (Lipinski definition) is 3. The Bertz CT molecular complexity index is 549. The molecule has 23 heavy (non-hydrogen) atoms. The standard InChI is InChI=1S/C17H25N3O3/c21-16(11-18-17(22)19-12-5-2-1-3-6-12)20-14-7-4-8-15-13(14)9-10-23-15/h9-10,12,14H,1-8,11H2,(H,20,21)(H2,18,19,22). The number of fused-ring (bicyclic) bond motifs is 1. The van der Waals surface area contributed by atoms with E-state index in [1.54, 1.807) is 6.26 Å². The lowest BCUT2D eigenvalue weighted by Crippen LogP contribution is -2.46. The zero-order chi connectivity index (χ0) is 16.1. The van der Waals surface area contributed by atoms with Crippen LogP contribution in [0.4, 0.5) is 4.79 Å². The first-order valence-electron chi connectivity index (χ1n) is 8.62. The van der Waals surface area contributed by atoms with Crippen molar-refractivity contribution >= 4 is 11.9 Å². The van der Waals surface area contributed by atoms with Crippen LogP contribution < -0.4 is 16.0 Å². The van der Waals surface area contributed by atoms with Gasteiger partial charge in [0, 0.05) is 18.0 Å². The number of hydrogen-bond donors (Lipinski definition) is 3. The summed E-state index contributed by atoms with van der Waals surface area (Å²) in [6, 6.07) is 1.91. The molecule has 3 amide bonds. The van der Waals surface area contributed by atoms with Crippen LogP contribution in [-0.4, -0.2) is 24.5 Å². The molecule has 1 saturated carbocycles. The van der Waals surface area contributed by atoms with E-state index in [1.165, 1.54) is 19.3 Å². The van der Waals surface area contributed by atoms with E-state index < -0.39 is 0 Å². The monoisotopic (exact) mass is 319 g/mol. The molecule has 0 saturated heterocycles. The minimum Gasteiger partial charge on any atom is -0.469 e. The molecule has 6 nitrogen and oxygen atoms in total. The van der Waals surface area contributed by atoms with Crippen LogP contribution in [0, 0.1) is 0 Å². The van der Waals surface area contributed by atoms with E-state index >= 15 is 0 Å². The molecule has 2 aliphatic carbocycles. The number of amides is 3. The van der Waals surface area contributed by atoms with Crippen molar-refractivity contribution in [2.75, 3.05) is 6.54 Å². The second-order valence-electron chi connectivity index (χ2n) is 6.47. The molecule has 6 heteroatoms. The maximum Gasteiger partial charge on any atom is 0.315 e. The smallest absolute Gasteiger partial charge is 0.315 e. The number of rotatable bonds is 4. The van der Waals surface area contributed by atoms with Gasteiger partial charge in [0.25, 0.3) is 0 Å². The van der Waals surface area contributed by atoms with Crippen LogP contribution in [0.2, 0.25) is 0 Å². The molecule has 126 valence electrons. The third-order valence-electron chi connectivity index (χ3n) is 4.74. The first-order valence-corrected chi connectivity index (χ1v) is 8.62. The average molecular weight is 319 g/mol. The van der Waals surface area contributed by atoms with Gasteiger partial charge in [0.2, 0.25) is 5.91 Å². The lowest BCUT2D eigenvalue weighted by Gasteiger charge is -2.24. The summed E-state index contributed by atoms with van der Waals surface area (Å²) in [5.41, 5.74) is 1.07. The minimum absolute atomic E-state index is 0.00222. The van der Waals surface area contributed by atoms with Crippen molar-refractivity contribution in [3.8, 4) is 0 Å². The van der Waals surface area contributed by atoms with Crippen LogP contribution in [0.5, 0.6) is 0 Å². The van der Waals surface area contributed by atoms with Crippen LogP contribution in [-0.2, 0) is 11.2 Å². The summed E-state index contributed by atoms with van der Waals surface area (Å²) in [6.07, 6.45) is 10.2. The Hall–Kier alpha value is -1.98. The third-order valence-corrected chi connectivity index (χ3v) is 4.74. The Balaban J connectivity index is 1.41. The summed E-state index contributed by atoms with van der Waals surface area (Å²) in [4.78, 5) is 23.9. The molecule has 3 rings (SSSR count). The van der Waals surface area contributed by atoms with Gasteiger partial charge in [-0.3, -0.25) is 4.79 Å². The van der Waals surface area contributed by atoms with Gasteiger partial charge in [0.15, 0.2) is 0 Å². The highest BCUT2D eigenvalue weighted by Crippen LogP contribution is 2.30. The molecule has 1 aromatic heterocycles. The SMILES string of the molecule is O=C(CNC(=O)NC1CCCCC1)NC1CCCc2occc21. The van der Waals surface area contributed by atoms with E-state index in [2.05, 4.69) is 16.0 Å². The zero-order valence-corrected chi connectivity index (χ0v) is 13.4. The van der Waals surface area contributed by atoms with E-state index in [-0.39, 0.29) is 30.6 Å². The van der Waals surface area contributed by atoms with Crippen molar-refractivity contribution in [3.63, 3.8) is 0 Å². The van der Waals surface area contributed by atoms with Crippen molar-refractivity contribution < 1.29 is 14.0 Å². The summed E-state index contributed by atoms with van der Waals surface area (Å²) in [5, 5.41) is 8.57. The van der Waals surface area contributed by atoms with E-state index in [0.717, 1.165) is 43.4 Å². The Labute approximate surface area is 136 Å². The molecule has 1 aromatic rings. The van der Waals surface area contributed by atoms with Crippen molar-refractivity contribution in [2.24, 2.45) is 0 Å². The molecule has 1 unspecified atom stereocenters. The number of carbonyl (C=O) groups is 2. The van der Waals surface area contributed by atoms with Gasteiger partial charge < -0.3 is 20.4 Å². The Morgan fingerprint density at radius 3 is 2.74 bits per heavy atom. The minimum atomic E-state index is -0.250. The normalized spacial score (nSPS) is 21.3. The Morgan fingerprint density at radius 2 is 1.91 bits per heavy atom. The lowest BCUT2D eigenvalue weighted by atomic mass is 9.93. The largest absolute Gasteiger partial charge is 0.469 e. The van der Waals surface area contributed by atoms with Crippen molar-refractivity contribution in [3.05, 3.63) is 23.7 Å². The summed E-state index contributed by atoms with van der Waals surface area (Å²) < 4.78 is 5.42. The van der Waals surface area contributed by atoms with Crippen LogP contribution in [0.15, 0.2) is 16.7 Å². The van der Waals surface area contributed by atoms with Crippen LogP contribution in [0.3, 0.4) is 0 Å². The molecule has 1 fully saturated rings. The van der Waals surface area contributed by atoms with Gasteiger partial charge in [-0.05, 0) is 31.7 Å². The van der Waals surface area contributed by atoms with E-state index in [1.807, 2.05) is 6.07 Å². The molecule has 3 N–H and O–H groups in total. The van der Waals surface area contributed by atoms with Gasteiger partial charge in [-0.15, -0.1) is 0 Å². The van der Waals surface area contributed by atoms with E-state index in [4.69, 9.17) is 4.42 Å². The van der Waals surface area contributed by atoms with E-state index in [0.29, 0.717) is 0 Å². The molecule has 0 radical (unpaired) electrons. The molecule has 0 aliphatic heterocycles. The molecule has 1 heterocycles. The molecular formula is C17H25N3O3. The van der Waals surface area contributed by atoms with Gasteiger partial charge in [-0.2, -0.15) is 0 Å². The van der Waals surface area contributed by atoms with Crippen molar-refractivity contribution in [2.45, 2.75) is 63.5 Å². The molecule has 0 bridgehead atoms. The van der Waals surface area contributed by atoms with E-state index in [9.17, 15) is 9.59 Å². The van der Waals surface area contributed by atoms with Crippen LogP contribution in [0.25, 0.3) is 0 Å². The Morgan fingerprint density at radius 1 is 1.09 bits per heavy atom. The molecule has 2 aliphatic rings. The van der Waals surface area contributed by atoms with Crippen LogP contribution >= 0.6 is 0 Å². The molecular weight excluding hydrogens is 294 g/mol. The van der Waals surface area contributed by atoms with Gasteiger partial charge >= 0.3 is 6.03 Å². The maximum atomic E-state index is 12.1. The van der Waals surface area contributed by atoms with Gasteiger partial charge in [-0.1, -0.05) is 19.3 Å². The highest BCUT2D eigenvalue weighted by Gasteiger charge is 2.24. The number of nitrogens with one attached hydrogen (secondary N) is 3. The maximum absolute atomic E-state index is 12.1. The number of aryl methyl sites for hydroxylation is 1. The lowest BCUT2D eigenvalue weighted by molar-refractivity contribution is -0.120. The summed E-state index contributed by atoms with van der Waals surface area (Å²) in [6.45, 7) is 0.00222. The molecule has 0 spiro atoms. The fourth-order valence-corrected chi connectivity index (χ4v) is 3.53. The first kappa shape index (κ1) is 15.9. The number of furan rings is 1. The topological polar surface area (TPSA) is 83.4 Å². The number of urea groups is 1. The van der Waals surface area contributed by atoms with Crippen molar-refractivity contribution in [1.29, 1.82) is 0 Å². The second kappa shape index (κ2) is 7.53. The highest BCUT2D eigenvalue weighted by atomic mass is 16.3. The fourth-order valence-electron chi connectivity index (χ4n) is 3.53. The summed E-state index contributed by atoms with van der Waals surface area (Å²) in [5.74, 6) is 0.799. The molecule has 0 aromatic carbocycles. The Kier molecular flexibility index (Phi) is 5.20. The predicted molar refractivity (Wildman–Crippen MR) is 85.9 cm³/mol. The summed E-state index contributed by atoms with van der Waals surface area (Å²) in [7, 11) is 0. The van der Waals surface area contributed by atoms with Crippen LogP contribution in [0.1, 0.15) is 62.3 Å². The first-order chi connectivity index (χ1) is 11.2. The molecule has 1 atom stereocenters. The highest BCUT2D eigenvalue weighted by molar-refractivity contribution is 5.84. The van der Waals surface area contributed by atoms with Gasteiger partial charge in [-0.25, -0.2) is 4.79 Å². The quantitative estimate of drug-likeness (QED) is 0.797. The third kappa shape index (κ3) is 4.27. The number of carbonyl (C=O) groups excluding carboxylic acids is 2. The van der Waals surface area contributed by atoms with Gasteiger partial charge in [0.1, 0.15) is 5.76 Å². The fraction of sp³-hybridized carbons (Fsp3) is 0.647. The van der Waals surface area contributed by atoms with Gasteiger partial charge in [0.05, 0.1) is 18.8 Å².